The molecule has 9 heteroatoms. The normalized spacial score (nSPS) is 32.6. The number of hydrogen-bond acceptors (Lipinski definition) is 5. The average molecular weight is 520 g/mol. The van der Waals surface area contributed by atoms with Crippen molar-refractivity contribution in [3.8, 4) is 0 Å². The van der Waals surface area contributed by atoms with Crippen LogP contribution in [0.25, 0.3) is 0 Å². The summed E-state index contributed by atoms with van der Waals surface area (Å²) in [6.07, 6.45) is 3.30. The van der Waals surface area contributed by atoms with Crippen LogP contribution in [0.5, 0.6) is 0 Å². The van der Waals surface area contributed by atoms with Crippen LogP contribution >= 0.6 is 11.6 Å². The van der Waals surface area contributed by atoms with Crippen LogP contribution in [-0.4, -0.2) is 64.7 Å². The fourth-order valence-electron chi connectivity index (χ4n) is 6.59. The molecule has 0 radical (unpaired) electrons. The van der Waals surface area contributed by atoms with Crippen LogP contribution in [0.4, 0.5) is 5.69 Å². The standard InChI is InChI=1S/C27H38ClN3O5/c1-5-12-29-23(33)19-20-25(35)31(13-7-6-8-14-32)22(27(20)15-17(3)26(19,4)36-27)24(34)30-21-16(2)10-9-11-18(21)28/h9-11,17,19-20,22,32H,5-8,12-15H2,1-4H3,(H,29,33)(H,30,34)/t17?,19-,20-,22?,26+,27?/m0/s1. The van der Waals surface area contributed by atoms with Crippen molar-refractivity contribution in [1.82, 2.24) is 10.2 Å². The Labute approximate surface area is 218 Å². The van der Waals surface area contributed by atoms with Crippen LogP contribution in [0.15, 0.2) is 18.2 Å². The van der Waals surface area contributed by atoms with Crippen molar-refractivity contribution in [3.05, 3.63) is 28.8 Å². The van der Waals surface area contributed by atoms with Gasteiger partial charge < -0.3 is 25.4 Å². The molecule has 3 aliphatic rings. The van der Waals surface area contributed by atoms with Gasteiger partial charge in [-0.15, -0.1) is 0 Å². The fourth-order valence-corrected chi connectivity index (χ4v) is 6.86. The van der Waals surface area contributed by atoms with Crippen LogP contribution in [-0.2, 0) is 19.1 Å². The van der Waals surface area contributed by atoms with Crippen molar-refractivity contribution in [3.63, 3.8) is 0 Å². The number of fused-ring (bicyclic) bond motifs is 1. The SMILES string of the molecule is CCCNC(=O)[C@@H]1[C@H]2C(=O)N(CCCCCO)C(C(=O)Nc3c(C)cccc3Cl)C23CC(C)[C@@]1(C)O3. The van der Waals surface area contributed by atoms with Gasteiger partial charge in [0.1, 0.15) is 11.6 Å². The number of anilines is 1. The molecule has 36 heavy (non-hydrogen) atoms. The summed E-state index contributed by atoms with van der Waals surface area (Å²) in [5, 5.41) is 15.6. The van der Waals surface area contributed by atoms with Crippen molar-refractivity contribution in [2.24, 2.45) is 17.8 Å². The number of nitrogens with one attached hydrogen (secondary N) is 2. The van der Waals surface area contributed by atoms with Crippen molar-refractivity contribution in [2.45, 2.75) is 77.0 Å². The van der Waals surface area contributed by atoms with E-state index in [2.05, 4.69) is 10.6 Å². The van der Waals surface area contributed by atoms with E-state index < -0.39 is 29.1 Å². The van der Waals surface area contributed by atoms with Gasteiger partial charge in [-0.3, -0.25) is 14.4 Å². The first-order valence-corrected chi connectivity index (χ1v) is 13.4. The minimum Gasteiger partial charge on any atom is -0.396 e. The van der Waals surface area contributed by atoms with E-state index in [-0.39, 0.29) is 30.2 Å². The Hall–Kier alpha value is -2.16. The number of likely N-dealkylation sites (tertiary alicyclic amines) is 1. The average Bonchev–Trinajstić information content (AvgIpc) is 3.34. The predicted octanol–water partition coefficient (Wildman–Crippen LogP) is 3.29. The van der Waals surface area contributed by atoms with Crippen LogP contribution in [0.3, 0.4) is 0 Å². The lowest BCUT2D eigenvalue weighted by molar-refractivity contribution is -0.146. The van der Waals surface area contributed by atoms with E-state index >= 15 is 0 Å². The second-order valence-corrected chi connectivity index (χ2v) is 11.1. The van der Waals surface area contributed by atoms with Gasteiger partial charge in [0, 0.05) is 19.7 Å². The van der Waals surface area contributed by atoms with E-state index in [1.54, 1.807) is 11.0 Å². The summed E-state index contributed by atoms with van der Waals surface area (Å²) < 4.78 is 6.70. The quantitative estimate of drug-likeness (QED) is 0.411. The molecular formula is C27H38ClN3O5. The fraction of sp³-hybridized carbons (Fsp3) is 0.667. The van der Waals surface area contributed by atoms with Gasteiger partial charge in [-0.1, -0.05) is 37.6 Å². The van der Waals surface area contributed by atoms with E-state index in [9.17, 15) is 19.5 Å². The number of unbranched alkanes of at least 4 members (excludes halogenated alkanes) is 2. The topological polar surface area (TPSA) is 108 Å². The molecule has 3 aliphatic heterocycles. The summed E-state index contributed by atoms with van der Waals surface area (Å²) in [5.41, 5.74) is -0.589. The second kappa shape index (κ2) is 10.3. The Balaban J connectivity index is 1.73. The summed E-state index contributed by atoms with van der Waals surface area (Å²) in [5.74, 6) is -2.14. The highest BCUT2D eigenvalue weighted by atomic mass is 35.5. The Morgan fingerprint density at radius 2 is 2.00 bits per heavy atom. The lowest BCUT2D eigenvalue weighted by atomic mass is 9.62. The number of rotatable bonds is 10. The molecule has 198 valence electrons. The summed E-state index contributed by atoms with van der Waals surface area (Å²) in [7, 11) is 0. The number of benzene rings is 1. The van der Waals surface area contributed by atoms with E-state index in [0.717, 1.165) is 18.4 Å². The highest BCUT2D eigenvalue weighted by molar-refractivity contribution is 6.34. The molecule has 3 unspecified atom stereocenters. The number of carbonyl (C=O) groups excluding carboxylic acids is 3. The molecule has 0 saturated carbocycles. The number of halogens is 1. The zero-order chi connectivity index (χ0) is 26.3. The van der Waals surface area contributed by atoms with Crippen molar-refractivity contribution >= 4 is 35.0 Å². The molecule has 3 amide bonds. The number of nitrogens with zero attached hydrogens (tertiary/aromatic N) is 1. The molecule has 3 heterocycles. The Morgan fingerprint density at radius 1 is 1.25 bits per heavy atom. The van der Waals surface area contributed by atoms with E-state index in [1.807, 2.05) is 39.8 Å². The number of aliphatic hydroxyl groups is 1. The van der Waals surface area contributed by atoms with Gasteiger partial charge in [-0.05, 0) is 63.5 Å². The molecule has 3 fully saturated rings. The number of para-hydroxylation sites is 1. The minimum atomic E-state index is -1.09. The zero-order valence-corrected chi connectivity index (χ0v) is 22.4. The summed E-state index contributed by atoms with van der Waals surface area (Å²) in [6.45, 7) is 8.75. The Kier molecular flexibility index (Phi) is 7.70. The summed E-state index contributed by atoms with van der Waals surface area (Å²) in [6, 6.07) is 4.52. The van der Waals surface area contributed by atoms with Crippen LogP contribution in [0, 0.1) is 24.7 Å². The van der Waals surface area contributed by atoms with Gasteiger partial charge in [0.25, 0.3) is 0 Å². The lowest BCUT2D eigenvalue weighted by Gasteiger charge is -2.36. The maximum atomic E-state index is 14.0. The molecule has 3 saturated heterocycles. The minimum absolute atomic E-state index is 0.00869. The van der Waals surface area contributed by atoms with Crippen LogP contribution in [0.1, 0.15) is 58.4 Å². The van der Waals surface area contributed by atoms with E-state index in [0.29, 0.717) is 43.1 Å². The largest absolute Gasteiger partial charge is 0.396 e. The first kappa shape index (κ1) is 26.9. The maximum absolute atomic E-state index is 14.0. The molecule has 1 aromatic rings. The molecule has 6 atom stereocenters. The Bertz CT molecular complexity index is 1010. The monoisotopic (exact) mass is 519 g/mol. The first-order chi connectivity index (χ1) is 17.1. The third kappa shape index (κ3) is 4.21. The summed E-state index contributed by atoms with van der Waals surface area (Å²) >= 11 is 6.41. The van der Waals surface area contributed by atoms with Crippen molar-refractivity contribution in [1.29, 1.82) is 0 Å². The molecular weight excluding hydrogens is 482 g/mol. The molecule has 0 aliphatic carbocycles. The molecule has 2 bridgehead atoms. The number of ether oxygens (including phenoxy) is 1. The molecule has 1 spiro atoms. The Morgan fingerprint density at radius 3 is 2.67 bits per heavy atom. The number of hydrogen-bond donors (Lipinski definition) is 3. The van der Waals surface area contributed by atoms with Crippen molar-refractivity contribution in [2.75, 3.05) is 25.0 Å². The third-order valence-electron chi connectivity index (χ3n) is 8.42. The van der Waals surface area contributed by atoms with E-state index in [4.69, 9.17) is 16.3 Å². The number of amides is 3. The van der Waals surface area contributed by atoms with Gasteiger partial charge in [-0.2, -0.15) is 0 Å². The van der Waals surface area contributed by atoms with Gasteiger partial charge in [-0.25, -0.2) is 0 Å². The van der Waals surface area contributed by atoms with Crippen molar-refractivity contribution < 1.29 is 24.2 Å². The van der Waals surface area contributed by atoms with Gasteiger partial charge in [0.05, 0.1) is 28.1 Å². The van der Waals surface area contributed by atoms with Crippen LogP contribution in [0.2, 0.25) is 5.02 Å². The summed E-state index contributed by atoms with van der Waals surface area (Å²) in [4.78, 5) is 42.9. The number of aryl methyl sites for hydroxylation is 1. The highest BCUT2D eigenvalue weighted by Crippen LogP contribution is 2.65. The van der Waals surface area contributed by atoms with Gasteiger partial charge in [0.2, 0.25) is 17.7 Å². The lowest BCUT2D eigenvalue weighted by Crippen LogP contribution is -2.54. The maximum Gasteiger partial charge on any atom is 0.250 e. The van der Waals surface area contributed by atoms with Gasteiger partial charge in [0.15, 0.2) is 0 Å². The smallest absolute Gasteiger partial charge is 0.250 e. The van der Waals surface area contributed by atoms with Crippen LogP contribution < -0.4 is 10.6 Å². The van der Waals surface area contributed by atoms with Gasteiger partial charge >= 0.3 is 0 Å². The second-order valence-electron chi connectivity index (χ2n) is 10.7. The highest BCUT2D eigenvalue weighted by Gasteiger charge is 2.79. The number of aliphatic hydroxyl groups excluding tert-OH is 1. The van der Waals surface area contributed by atoms with E-state index in [1.165, 1.54) is 0 Å². The first-order valence-electron chi connectivity index (χ1n) is 13.1. The molecule has 1 aromatic carbocycles. The molecule has 4 rings (SSSR count). The molecule has 0 aromatic heterocycles. The predicted molar refractivity (Wildman–Crippen MR) is 138 cm³/mol. The number of carbonyl (C=O) groups is 3. The third-order valence-corrected chi connectivity index (χ3v) is 8.74. The zero-order valence-electron chi connectivity index (χ0n) is 21.6. The molecule has 8 nitrogen and oxygen atoms in total. The molecule has 3 N–H and O–H groups in total.